The van der Waals surface area contributed by atoms with E-state index in [-0.39, 0.29) is 12.5 Å². The number of carbonyl (C=O) groups excluding carboxylic acids is 1. The van der Waals surface area contributed by atoms with Crippen molar-refractivity contribution in [3.05, 3.63) is 17.7 Å². The highest BCUT2D eigenvalue weighted by atomic mass is 16.5. The molecule has 110 valence electrons. The first kappa shape index (κ1) is 14.8. The summed E-state index contributed by atoms with van der Waals surface area (Å²) >= 11 is 0. The third-order valence-corrected chi connectivity index (χ3v) is 3.42. The van der Waals surface area contributed by atoms with Crippen LogP contribution >= 0.6 is 0 Å². The number of hydrogen-bond acceptors (Lipinski definition) is 4. The maximum atomic E-state index is 12.2. The van der Waals surface area contributed by atoms with Crippen LogP contribution in [0.25, 0.3) is 0 Å². The fourth-order valence-electron chi connectivity index (χ4n) is 2.27. The van der Waals surface area contributed by atoms with Crippen LogP contribution in [0, 0.1) is 0 Å². The van der Waals surface area contributed by atoms with Gasteiger partial charge in [-0.15, -0.1) is 0 Å². The first-order valence-corrected chi connectivity index (χ1v) is 7.18. The molecule has 20 heavy (non-hydrogen) atoms. The second-order valence-electron chi connectivity index (χ2n) is 4.89. The largest absolute Gasteiger partial charge is 0.481 e. The zero-order valence-corrected chi connectivity index (χ0v) is 12.2. The average Bonchev–Trinajstić information content (AvgIpc) is 2.89. The highest BCUT2D eigenvalue weighted by molar-refractivity contribution is 5.95. The Balaban J connectivity index is 1.90. The number of carbonyl (C=O) groups is 1. The maximum Gasteiger partial charge on any atom is 0.254 e. The highest BCUT2D eigenvalue weighted by Gasteiger charge is 2.26. The van der Waals surface area contributed by atoms with Gasteiger partial charge in [-0.25, -0.2) is 0 Å². The molecule has 0 aliphatic carbocycles. The second-order valence-corrected chi connectivity index (χ2v) is 4.89. The Labute approximate surface area is 119 Å². The van der Waals surface area contributed by atoms with E-state index in [0.29, 0.717) is 24.8 Å². The van der Waals surface area contributed by atoms with E-state index in [1.807, 2.05) is 12.1 Å². The zero-order valence-electron chi connectivity index (χ0n) is 12.2. The Kier molecular flexibility index (Phi) is 5.35. The monoisotopic (exact) mass is 278 g/mol. The van der Waals surface area contributed by atoms with Crippen LogP contribution in [0.3, 0.4) is 0 Å². The van der Waals surface area contributed by atoms with Crippen molar-refractivity contribution in [2.45, 2.75) is 32.6 Å². The molecule has 0 bridgehead atoms. The lowest BCUT2D eigenvalue weighted by molar-refractivity contribution is -0.123. The van der Waals surface area contributed by atoms with Gasteiger partial charge >= 0.3 is 0 Å². The third kappa shape index (κ3) is 3.48. The molecular formula is C15H22N2O3. The van der Waals surface area contributed by atoms with Crippen molar-refractivity contribution in [2.75, 3.05) is 31.8 Å². The molecule has 0 saturated heterocycles. The van der Waals surface area contributed by atoms with E-state index in [1.54, 1.807) is 12.0 Å². The summed E-state index contributed by atoms with van der Waals surface area (Å²) < 4.78 is 10.5. The van der Waals surface area contributed by atoms with Crippen LogP contribution in [0.2, 0.25) is 0 Å². The minimum atomic E-state index is -0.0269. The van der Waals surface area contributed by atoms with Crippen LogP contribution in [0.5, 0.6) is 5.88 Å². The molecule has 0 aromatic carbocycles. The van der Waals surface area contributed by atoms with Gasteiger partial charge in [0, 0.05) is 19.2 Å². The summed E-state index contributed by atoms with van der Waals surface area (Å²) in [5.41, 5.74) is 1.09. The lowest BCUT2D eigenvalue weighted by Gasteiger charge is -2.16. The molecule has 5 nitrogen and oxygen atoms in total. The number of ether oxygens (including phenoxy) is 2. The molecule has 1 aliphatic rings. The Morgan fingerprint density at radius 1 is 1.40 bits per heavy atom. The SMILES string of the molecule is CCCCCOCC(=O)N1CCc2ccc(OC)nc21. The van der Waals surface area contributed by atoms with Gasteiger partial charge in [-0.3, -0.25) is 9.69 Å². The average molecular weight is 278 g/mol. The Hall–Kier alpha value is -1.62. The predicted molar refractivity (Wildman–Crippen MR) is 77.2 cm³/mol. The molecule has 1 amide bonds. The van der Waals surface area contributed by atoms with Gasteiger partial charge in [0.15, 0.2) is 0 Å². The van der Waals surface area contributed by atoms with Crippen molar-refractivity contribution >= 4 is 11.7 Å². The molecule has 5 heteroatoms. The number of amides is 1. The molecule has 1 aromatic rings. The van der Waals surface area contributed by atoms with Crippen molar-refractivity contribution in [1.82, 2.24) is 4.98 Å². The summed E-state index contributed by atoms with van der Waals surface area (Å²) in [4.78, 5) is 18.2. The number of unbranched alkanes of at least 4 members (excludes halogenated alkanes) is 2. The van der Waals surface area contributed by atoms with E-state index in [1.165, 1.54) is 0 Å². The van der Waals surface area contributed by atoms with Gasteiger partial charge in [0.25, 0.3) is 5.91 Å². The molecule has 0 radical (unpaired) electrons. The second kappa shape index (κ2) is 7.24. The van der Waals surface area contributed by atoms with E-state index < -0.39 is 0 Å². The number of pyridine rings is 1. The Morgan fingerprint density at radius 2 is 2.25 bits per heavy atom. The zero-order chi connectivity index (χ0) is 14.4. The molecule has 1 aliphatic heterocycles. The molecule has 2 heterocycles. The van der Waals surface area contributed by atoms with Crippen molar-refractivity contribution in [3.63, 3.8) is 0 Å². The van der Waals surface area contributed by atoms with E-state index >= 15 is 0 Å². The van der Waals surface area contributed by atoms with Crippen LogP contribution in [0.4, 0.5) is 5.82 Å². The van der Waals surface area contributed by atoms with Crippen molar-refractivity contribution in [2.24, 2.45) is 0 Å². The number of fused-ring (bicyclic) bond motifs is 1. The van der Waals surface area contributed by atoms with Crippen molar-refractivity contribution in [3.8, 4) is 5.88 Å². The smallest absolute Gasteiger partial charge is 0.254 e. The number of aromatic nitrogens is 1. The summed E-state index contributed by atoms with van der Waals surface area (Å²) in [7, 11) is 1.58. The quantitative estimate of drug-likeness (QED) is 0.717. The van der Waals surface area contributed by atoms with Crippen LogP contribution in [0.1, 0.15) is 31.7 Å². The van der Waals surface area contributed by atoms with E-state index in [4.69, 9.17) is 9.47 Å². The summed E-state index contributed by atoms with van der Waals surface area (Å²) in [6.45, 7) is 3.59. The van der Waals surface area contributed by atoms with E-state index in [0.717, 1.165) is 31.2 Å². The van der Waals surface area contributed by atoms with Gasteiger partial charge in [-0.05, 0) is 24.5 Å². The molecule has 0 unspecified atom stereocenters. The maximum absolute atomic E-state index is 12.2. The fraction of sp³-hybridized carbons (Fsp3) is 0.600. The molecule has 0 atom stereocenters. The first-order chi connectivity index (χ1) is 9.76. The highest BCUT2D eigenvalue weighted by Crippen LogP contribution is 2.28. The molecule has 2 rings (SSSR count). The van der Waals surface area contributed by atoms with Gasteiger partial charge in [-0.2, -0.15) is 4.98 Å². The number of rotatable bonds is 7. The standard InChI is InChI=1S/C15H22N2O3/c1-3-4-5-10-20-11-14(18)17-9-8-12-6-7-13(19-2)16-15(12)17/h6-7H,3-5,8-11H2,1-2H3. The molecule has 0 saturated carbocycles. The third-order valence-electron chi connectivity index (χ3n) is 3.42. The molecule has 0 fully saturated rings. The van der Waals surface area contributed by atoms with Gasteiger partial charge in [-0.1, -0.05) is 19.8 Å². The Bertz CT molecular complexity index is 462. The number of anilines is 1. The van der Waals surface area contributed by atoms with Gasteiger partial charge < -0.3 is 9.47 Å². The van der Waals surface area contributed by atoms with Crippen LogP contribution in [-0.4, -0.2) is 37.8 Å². The van der Waals surface area contributed by atoms with Gasteiger partial charge in [0.05, 0.1) is 7.11 Å². The minimum absolute atomic E-state index is 0.0269. The van der Waals surface area contributed by atoms with Crippen molar-refractivity contribution in [1.29, 1.82) is 0 Å². The summed E-state index contributed by atoms with van der Waals surface area (Å²) in [5, 5.41) is 0. The number of nitrogens with zero attached hydrogens (tertiary/aromatic N) is 2. The lowest BCUT2D eigenvalue weighted by Crippen LogP contribution is -2.33. The molecule has 0 N–H and O–H groups in total. The summed E-state index contributed by atoms with van der Waals surface area (Å²) in [5.74, 6) is 1.22. The number of hydrogen-bond donors (Lipinski definition) is 0. The normalized spacial score (nSPS) is 13.4. The Morgan fingerprint density at radius 3 is 3.00 bits per heavy atom. The van der Waals surface area contributed by atoms with E-state index in [9.17, 15) is 4.79 Å². The molecule has 1 aromatic heterocycles. The summed E-state index contributed by atoms with van der Waals surface area (Å²) in [6.07, 6.45) is 4.14. The lowest BCUT2D eigenvalue weighted by atomic mass is 10.2. The van der Waals surface area contributed by atoms with E-state index in [2.05, 4.69) is 11.9 Å². The molecular weight excluding hydrogens is 256 g/mol. The fourth-order valence-corrected chi connectivity index (χ4v) is 2.27. The van der Waals surface area contributed by atoms with Gasteiger partial charge in [0.1, 0.15) is 12.4 Å². The van der Waals surface area contributed by atoms with Crippen LogP contribution in [-0.2, 0) is 16.0 Å². The minimum Gasteiger partial charge on any atom is -0.481 e. The number of methoxy groups -OCH3 is 1. The van der Waals surface area contributed by atoms with Gasteiger partial charge in [0.2, 0.25) is 5.88 Å². The summed E-state index contributed by atoms with van der Waals surface area (Å²) in [6, 6.07) is 3.80. The van der Waals surface area contributed by atoms with Crippen molar-refractivity contribution < 1.29 is 14.3 Å². The predicted octanol–water partition coefficient (Wildman–Crippen LogP) is 2.19. The first-order valence-electron chi connectivity index (χ1n) is 7.18. The van der Waals surface area contributed by atoms with Crippen LogP contribution in [0.15, 0.2) is 12.1 Å². The van der Waals surface area contributed by atoms with Crippen LogP contribution < -0.4 is 9.64 Å². The molecule has 0 spiro atoms. The topological polar surface area (TPSA) is 51.7 Å².